The number of ether oxygens (including phenoxy) is 1. The van der Waals surface area contributed by atoms with E-state index in [2.05, 4.69) is 21.2 Å². The minimum atomic E-state index is -0.513. The Bertz CT molecular complexity index is 970. The highest BCUT2D eigenvalue weighted by atomic mass is 79.9. The zero-order chi connectivity index (χ0) is 20.8. The summed E-state index contributed by atoms with van der Waals surface area (Å²) in [7, 11) is 0. The molecule has 1 aliphatic rings. The molecule has 150 valence electrons. The van der Waals surface area contributed by atoms with E-state index in [4.69, 9.17) is 4.74 Å². The molecule has 0 aromatic heterocycles. The highest BCUT2D eigenvalue weighted by molar-refractivity contribution is 9.10. The van der Waals surface area contributed by atoms with Crippen molar-refractivity contribution in [3.05, 3.63) is 79.9 Å². The van der Waals surface area contributed by atoms with Crippen molar-refractivity contribution in [2.24, 2.45) is 0 Å². The van der Waals surface area contributed by atoms with Gasteiger partial charge in [-0.25, -0.2) is 0 Å². The van der Waals surface area contributed by atoms with Crippen LogP contribution in [0.2, 0.25) is 0 Å². The smallest absolute Gasteiger partial charge is 0.270 e. The lowest BCUT2D eigenvalue weighted by atomic mass is 10.1. The average Bonchev–Trinajstić information content (AvgIpc) is 2.73. The molecule has 1 saturated heterocycles. The topological polar surface area (TPSA) is 102 Å². The van der Waals surface area contributed by atoms with Crippen molar-refractivity contribution < 1.29 is 19.2 Å². The molecule has 1 heterocycles. The second-order valence-electron chi connectivity index (χ2n) is 6.28. The predicted octanol–water partition coefficient (Wildman–Crippen LogP) is 2.99. The van der Waals surface area contributed by atoms with Crippen molar-refractivity contribution in [2.75, 3.05) is 26.3 Å². The summed E-state index contributed by atoms with van der Waals surface area (Å²) >= 11 is 3.32. The van der Waals surface area contributed by atoms with Crippen molar-refractivity contribution in [1.82, 2.24) is 10.2 Å². The van der Waals surface area contributed by atoms with E-state index in [1.807, 2.05) is 0 Å². The Balaban J connectivity index is 1.92. The summed E-state index contributed by atoms with van der Waals surface area (Å²) in [5.74, 6) is -0.826. The number of hydrogen-bond acceptors (Lipinski definition) is 5. The molecule has 2 aromatic carbocycles. The highest BCUT2D eigenvalue weighted by Crippen LogP contribution is 2.17. The fourth-order valence-corrected chi connectivity index (χ4v) is 3.21. The van der Waals surface area contributed by atoms with Crippen LogP contribution in [0.15, 0.2) is 58.7 Å². The van der Waals surface area contributed by atoms with E-state index in [0.29, 0.717) is 37.4 Å². The number of nitrogens with one attached hydrogen (secondary N) is 1. The number of rotatable bonds is 5. The van der Waals surface area contributed by atoms with Crippen molar-refractivity contribution in [2.45, 2.75) is 0 Å². The summed E-state index contributed by atoms with van der Waals surface area (Å²) < 4.78 is 6.00. The Morgan fingerprint density at radius 2 is 1.86 bits per heavy atom. The van der Waals surface area contributed by atoms with Gasteiger partial charge in [0.25, 0.3) is 17.5 Å². The molecular weight excluding hydrogens is 442 g/mol. The van der Waals surface area contributed by atoms with Crippen LogP contribution in [0, 0.1) is 10.1 Å². The van der Waals surface area contributed by atoms with Gasteiger partial charge in [0.15, 0.2) is 0 Å². The molecular formula is C20H18BrN3O5. The number of nitrogens with zero attached hydrogens (tertiary/aromatic N) is 2. The Hall–Kier alpha value is -3.04. The third kappa shape index (κ3) is 5.49. The van der Waals surface area contributed by atoms with Crippen LogP contribution in [-0.4, -0.2) is 47.9 Å². The van der Waals surface area contributed by atoms with E-state index < -0.39 is 10.8 Å². The second kappa shape index (κ2) is 9.44. The maximum atomic E-state index is 13.0. The summed E-state index contributed by atoms with van der Waals surface area (Å²) in [5.41, 5.74) is 0.747. The predicted molar refractivity (Wildman–Crippen MR) is 110 cm³/mol. The number of hydrogen-bond donors (Lipinski definition) is 1. The average molecular weight is 460 g/mol. The van der Waals surface area contributed by atoms with Gasteiger partial charge in [0.1, 0.15) is 5.70 Å². The summed E-state index contributed by atoms with van der Waals surface area (Å²) in [4.78, 5) is 37.8. The fourth-order valence-electron chi connectivity index (χ4n) is 2.81. The molecule has 9 heteroatoms. The summed E-state index contributed by atoms with van der Waals surface area (Å²) in [6.07, 6.45) is 1.45. The number of carbonyl (C=O) groups excluding carboxylic acids is 2. The van der Waals surface area contributed by atoms with Gasteiger partial charge in [-0.05, 0) is 29.8 Å². The molecule has 0 atom stereocenters. The number of nitro groups is 1. The summed E-state index contributed by atoms with van der Waals surface area (Å²) in [6, 6.07) is 12.6. The third-order valence-electron chi connectivity index (χ3n) is 4.26. The second-order valence-corrected chi connectivity index (χ2v) is 7.19. The molecule has 3 rings (SSSR count). The van der Waals surface area contributed by atoms with E-state index in [9.17, 15) is 19.7 Å². The molecule has 0 spiro atoms. The summed E-state index contributed by atoms with van der Waals surface area (Å²) in [6.45, 7) is 1.63. The standard InChI is InChI=1S/C20H18BrN3O5/c21-16-5-2-4-15(13-16)19(25)22-18(20(26)23-7-9-29-10-8-23)12-14-3-1-6-17(11-14)24(27)28/h1-6,11-13H,7-10H2,(H,22,25). The number of nitro benzene ring substituents is 1. The van der Waals surface area contributed by atoms with Crippen molar-refractivity contribution >= 4 is 39.5 Å². The maximum Gasteiger partial charge on any atom is 0.270 e. The molecule has 0 aliphatic carbocycles. The van der Waals surface area contributed by atoms with E-state index in [0.717, 1.165) is 4.47 Å². The monoisotopic (exact) mass is 459 g/mol. The number of halogens is 1. The molecule has 2 aromatic rings. The van der Waals surface area contributed by atoms with Gasteiger partial charge in [0, 0.05) is 35.3 Å². The Labute approximate surface area is 175 Å². The van der Waals surface area contributed by atoms with Crippen LogP contribution >= 0.6 is 15.9 Å². The zero-order valence-electron chi connectivity index (χ0n) is 15.3. The van der Waals surface area contributed by atoms with E-state index >= 15 is 0 Å². The zero-order valence-corrected chi connectivity index (χ0v) is 16.9. The van der Waals surface area contributed by atoms with Crippen LogP contribution in [-0.2, 0) is 9.53 Å². The lowest BCUT2D eigenvalue weighted by Gasteiger charge is -2.27. The Morgan fingerprint density at radius 1 is 1.14 bits per heavy atom. The number of morpholine rings is 1. The van der Waals surface area contributed by atoms with Gasteiger partial charge in [0.2, 0.25) is 0 Å². The van der Waals surface area contributed by atoms with Crippen molar-refractivity contribution in [3.8, 4) is 0 Å². The van der Waals surface area contributed by atoms with Crippen LogP contribution < -0.4 is 5.32 Å². The number of carbonyl (C=O) groups is 2. The normalized spacial score (nSPS) is 14.4. The number of non-ortho nitro benzene ring substituents is 1. The lowest BCUT2D eigenvalue weighted by molar-refractivity contribution is -0.384. The molecule has 1 N–H and O–H groups in total. The van der Waals surface area contributed by atoms with Gasteiger partial charge in [-0.1, -0.05) is 34.1 Å². The molecule has 1 aliphatic heterocycles. The molecule has 29 heavy (non-hydrogen) atoms. The molecule has 0 saturated carbocycles. The SMILES string of the molecule is O=C(NC(=Cc1cccc([N+](=O)[O-])c1)C(=O)N1CCOCC1)c1cccc(Br)c1. The van der Waals surface area contributed by atoms with E-state index in [1.165, 1.54) is 24.3 Å². The number of amides is 2. The first kappa shape index (κ1) is 20.7. The van der Waals surface area contributed by atoms with Crippen LogP contribution in [0.3, 0.4) is 0 Å². The van der Waals surface area contributed by atoms with Gasteiger partial charge in [-0.3, -0.25) is 19.7 Å². The van der Waals surface area contributed by atoms with Crippen molar-refractivity contribution in [3.63, 3.8) is 0 Å². The van der Waals surface area contributed by atoms with E-state index in [1.54, 1.807) is 35.2 Å². The van der Waals surface area contributed by atoms with Gasteiger partial charge < -0.3 is 15.0 Å². The lowest BCUT2D eigenvalue weighted by Crippen LogP contribution is -2.44. The first-order chi connectivity index (χ1) is 13.9. The molecule has 1 fully saturated rings. The molecule has 0 radical (unpaired) electrons. The minimum Gasteiger partial charge on any atom is -0.378 e. The maximum absolute atomic E-state index is 13.0. The molecule has 2 amide bonds. The summed E-state index contributed by atoms with van der Waals surface area (Å²) in [5, 5.41) is 13.7. The largest absolute Gasteiger partial charge is 0.378 e. The number of benzene rings is 2. The van der Waals surface area contributed by atoms with Crippen LogP contribution in [0.25, 0.3) is 6.08 Å². The van der Waals surface area contributed by atoms with Gasteiger partial charge in [-0.2, -0.15) is 0 Å². The Morgan fingerprint density at radius 3 is 2.55 bits per heavy atom. The molecule has 0 unspecified atom stereocenters. The van der Waals surface area contributed by atoms with Crippen molar-refractivity contribution in [1.29, 1.82) is 0 Å². The van der Waals surface area contributed by atoms with Gasteiger partial charge >= 0.3 is 0 Å². The first-order valence-corrected chi connectivity index (χ1v) is 9.63. The minimum absolute atomic E-state index is 0.0392. The fraction of sp³-hybridized carbons (Fsp3) is 0.200. The van der Waals surface area contributed by atoms with Crippen LogP contribution in [0.1, 0.15) is 15.9 Å². The van der Waals surface area contributed by atoms with Gasteiger partial charge in [0.05, 0.1) is 18.1 Å². The van der Waals surface area contributed by atoms with Gasteiger partial charge in [-0.15, -0.1) is 0 Å². The molecule has 8 nitrogen and oxygen atoms in total. The third-order valence-corrected chi connectivity index (χ3v) is 4.75. The van der Waals surface area contributed by atoms with Crippen LogP contribution in [0.4, 0.5) is 5.69 Å². The Kier molecular flexibility index (Phi) is 6.73. The van der Waals surface area contributed by atoms with Crippen LogP contribution in [0.5, 0.6) is 0 Å². The van der Waals surface area contributed by atoms with E-state index in [-0.39, 0.29) is 17.3 Å². The molecule has 0 bridgehead atoms. The highest BCUT2D eigenvalue weighted by Gasteiger charge is 2.23. The first-order valence-electron chi connectivity index (χ1n) is 8.84. The quantitative estimate of drug-likeness (QED) is 0.420.